The summed E-state index contributed by atoms with van der Waals surface area (Å²) in [5.74, 6) is 0.0137. The second-order valence-electron chi connectivity index (χ2n) is 4.25. The number of carbonyl (C=O) groups is 1. The van der Waals surface area contributed by atoms with Crippen LogP contribution in [0, 0.1) is 11.3 Å². The van der Waals surface area contributed by atoms with Gasteiger partial charge in [0.25, 0.3) is 0 Å². The van der Waals surface area contributed by atoms with E-state index in [0.717, 1.165) is 5.56 Å². The summed E-state index contributed by atoms with van der Waals surface area (Å²) in [4.78, 5) is 13.2. The van der Waals surface area contributed by atoms with Crippen LogP contribution in [0.1, 0.15) is 18.1 Å². The van der Waals surface area contributed by atoms with Crippen LogP contribution in [0.2, 0.25) is 5.02 Å². The van der Waals surface area contributed by atoms with Crippen LogP contribution in [0.4, 0.5) is 0 Å². The van der Waals surface area contributed by atoms with Gasteiger partial charge < -0.3 is 10.2 Å². The summed E-state index contributed by atoms with van der Waals surface area (Å²) < 4.78 is 0. The third-order valence-electron chi connectivity index (χ3n) is 2.59. The number of likely N-dealkylation sites (N-methyl/N-ethyl adjacent to an activating group) is 1. The summed E-state index contributed by atoms with van der Waals surface area (Å²) in [6.45, 7) is 2.30. The normalized spacial score (nSPS) is 11.7. The van der Waals surface area contributed by atoms with Crippen LogP contribution in [0.5, 0.6) is 0 Å². The minimum atomic E-state index is -0.272. The molecule has 0 heterocycles. The Kier molecular flexibility index (Phi) is 5.14. The zero-order valence-electron chi connectivity index (χ0n) is 10.7. The Balaban J connectivity index is 2.65. The van der Waals surface area contributed by atoms with Gasteiger partial charge in [-0.3, -0.25) is 4.79 Å². The number of hydrogen-bond acceptors (Lipinski definition) is 3. The topological polar surface area (TPSA) is 56.1 Å². The van der Waals surface area contributed by atoms with E-state index in [0.29, 0.717) is 17.1 Å². The summed E-state index contributed by atoms with van der Waals surface area (Å²) in [5.41, 5.74) is 1.40. The second-order valence-corrected chi connectivity index (χ2v) is 4.66. The molecule has 0 saturated carbocycles. The number of benzene rings is 1. The summed E-state index contributed by atoms with van der Waals surface area (Å²) in [6.07, 6.45) is 0. The molecule has 1 atom stereocenters. The average molecular weight is 266 g/mol. The number of amides is 1. The lowest BCUT2D eigenvalue weighted by molar-refractivity contribution is -0.130. The van der Waals surface area contributed by atoms with Crippen molar-refractivity contribution >= 4 is 17.5 Å². The van der Waals surface area contributed by atoms with E-state index in [-0.39, 0.29) is 11.9 Å². The molecule has 0 aliphatic carbocycles. The molecular weight excluding hydrogens is 250 g/mol. The van der Waals surface area contributed by atoms with E-state index in [4.69, 9.17) is 16.9 Å². The van der Waals surface area contributed by atoms with Crippen molar-refractivity contribution in [1.82, 2.24) is 10.2 Å². The number of hydrogen-bond donors (Lipinski definition) is 1. The molecule has 0 aromatic heterocycles. The predicted octanol–water partition coefficient (Wildman–Crippen LogP) is 1.78. The van der Waals surface area contributed by atoms with Gasteiger partial charge in [-0.05, 0) is 24.6 Å². The average Bonchev–Trinajstić information content (AvgIpc) is 2.35. The molecule has 0 spiro atoms. The van der Waals surface area contributed by atoms with Gasteiger partial charge in [0.1, 0.15) is 0 Å². The van der Waals surface area contributed by atoms with E-state index >= 15 is 0 Å². The van der Waals surface area contributed by atoms with E-state index in [1.807, 2.05) is 6.07 Å². The number of rotatable bonds is 4. The van der Waals surface area contributed by atoms with Gasteiger partial charge >= 0.3 is 0 Å². The molecule has 18 heavy (non-hydrogen) atoms. The predicted molar refractivity (Wildman–Crippen MR) is 71.2 cm³/mol. The molecule has 1 aromatic rings. The van der Waals surface area contributed by atoms with Crippen LogP contribution in [0.15, 0.2) is 18.2 Å². The molecule has 4 nitrogen and oxygen atoms in total. The molecule has 1 aromatic carbocycles. The van der Waals surface area contributed by atoms with Gasteiger partial charge in [0, 0.05) is 25.7 Å². The fourth-order valence-corrected chi connectivity index (χ4v) is 1.75. The Hall–Kier alpha value is -1.57. The minimum Gasteiger partial charge on any atom is -0.347 e. The molecule has 0 radical (unpaired) electrons. The van der Waals surface area contributed by atoms with Gasteiger partial charge in [0.2, 0.25) is 5.91 Å². The molecule has 0 bridgehead atoms. The Morgan fingerprint density at radius 2 is 2.22 bits per heavy atom. The zero-order valence-corrected chi connectivity index (χ0v) is 11.5. The number of nitrogens with one attached hydrogen (secondary N) is 1. The van der Waals surface area contributed by atoms with Gasteiger partial charge in [0.05, 0.1) is 17.7 Å². The van der Waals surface area contributed by atoms with E-state index in [2.05, 4.69) is 5.32 Å². The van der Waals surface area contributed by atoms with Gasteiger partial charge in [-0.2, -0.15) is 5.26 Å². The number of nitriles is 1. The summed E-state index contributed by atoms with van der Waals surface area (Å²) in [6, 6.07) is 6.88. The van der Waals surface area contributed by atoms with Crippen LogP contribution in [-0.2, 0) is 11.3 Å². The van der Waals surface area contributed by atoms with Crippen LogP contribution in [-0.4, -0.2) is 30.9 Å². The van der Waals surface area contributed by atoms with E-state index in [9.17, 15) is 4.79 Å². The summed E-state index contributed by atoms with van der Waals surface area (Å²) in [5, 5.41) is 12.4. The SMILES string of the molecule is CC(NCc1ccc(C#N)cc1Cl)C(=O)N(C)C. The van der Waals surface area contributed by atoms with Gasteiger partial charge in [-0.15, -0.1) is 0 Å². The highest BCUT2D eigenvalue weighted by molar-refractivity contribution is 6.31. The van der Waals surface area contributed by atoms with Crippen molar-refractivity contribution in [3.8, 4) is 6.07 Å². The summed E-state index contributed by atoms with van der Waals surface area (Å²) >= 11 is 6.05. The first-order chi connectivity index (χ1) is 8.45. The number of halogens is 1. The lowest BCUT2D eigenvalue weighted by atomic mass is 10.1. The molecule has 1 unspecified atom stereocenters. The highest BCUT2D eigenvalue weighted by Gasteiger charge is 2.14. The Morgan fingerprint density at radius 1 is 1.56 bits per heavy atom. The highest BCUT2D eigenvalue weighted by atomic mass is 35.5. The molecular formula is C13H16ClN3O. The first-order valence-corrected chi connectivity index (χ1v) is 5.96. The monoisotopic (exact) mass is 265 g/mol. The van der Waals surface area contributed by atoms with E-state index < -0.39 is 0 Å². The van der Waals surface area contributed by atoms with E-state index in [1.54, 1.807) is 39.2 Å². The van der Waals surface area contributed by atoms with Crippen LogP contribution in [0.25, 0.3) is 0 Å². The maximum atomic E-state index is 11.6. The van der Waals surface area contributed by atoms with Crippen molar-refractivity contribution in [2.75, 3.05) is 14.1 Å². The molecule has 0 aliphatic heterocycles. The van der Waals surface area contributed by atoms with Crippen molar-refractivity contribution in [3.63, 3.8) is 0 Å². The van der Waals surface area contributed by atoms with E-state index in [1.165, 1.54) is 4.90 Å². The molecule has 5 heteroatoms. The third kappa shape index (κ3) is 3.73. The number of carbonyl (C=O) groups excluding carboxylic acids is 1. The standard InChI is InChI=1S/C13H16ClN3O/c1-9(13(18)17(2)3)16-8-11-5-4-10(7-15)6-12(11)14/h4-6,9,16H,8H2,1-3H3. The van der Waals surface area contributed by atoms with Crippen molar-refractivity contribution in [1.29, 1.82) is 5.26 Å². The Morgan fingerprint density at radius 3 is 2.72 bits per heavy atom. The highest BCUT2D eigenvalue weighted by Crippen LogP contribution is 2.17. The fourth-order valence-electron chi connectivity index (χ4n) is 1.50. The molecule has 1 N–H and O–H groups in total. The smallest absolute Gasteiger partial charge is 0.238 e. The first kappa shape index (κ1) is 14.5. The molecule has 0 fully saturated rings. The van der Waals surface area contributed by atoms with Crippen LogP contribution < -0.4 is 5.32 Å². The molecule has 0 aliphatic rings. The minimum absolute atomic E-state index is 0.0137. The molecule has 96 valence electrons. The van der Waals surface area contributed by atoms with Crippen molar-refractivity contribution in [2.24, 2.45) is 0 Å². The summed E-state index contributed by atoms with van der Waals surface area (Å²) in [7, 11) is 3.43. The molecule has 0 saturated heterocycles. The Labute approximate surface area is 112 Å². The maximum Gasteiger partial charge on any atom is 0.238 e. The second kappa shape index (κ2) is 6.39. The lowest BCUT2D eigenvalue weighted by Crippen LogP contribution is -2.41. The maximum absolute atomic E-state index is 11.6. The van der Waals surface area contributed by atoms with Crippen LogP contribution in [0.3, 0.4) is 0 Å². The fraction of sp³-hybridized carbons (Fsp3) is 0.385. The molecule has 1 amide bonds. The van der Waals surface area contributed by atoms with Gasteiger partial charge in [-0.25, -0.2) is 0 Å². The van der Waals surface area contributed by atoms with Crippen LogP contribution >= 0.6 is 11.6 Å². The zero-order chi connectivity index (χ0) is 13.7. The molecule has 1 rings (SSSR count). The lowest BCUT2D eigenvalue weighted by Gasteiger charge is -2.18. The first-order valence-electron chi connectivity index (χ1n) is 5.58. The largest absolute Gasteiger partial charge is 0.347 e. The Bertz CT molecular complexity index is 480. The number of nitrogens with zero attached hydrogens (tertiary/aromatic N) is 2. The van der Waals surface area contributed by atoms with Gasteiger partial charge in [0.15, 0.2) is 0 Å². The van der Waals surface area contributed by atoms with Crippen molar-refractivity contribution in [3.05, 3.63) is 34.3 Å². The quantitative estimate of drug-likeness (QED) is 0.903. The van der Waals surface area contributed by atoms with Crippen molar-refractivity contribution in [2.45, 2.75) is 19.5 Å². The van der Waals surface area contributed by atoms with Crippen molar-refractivity contribution < 1.29 is 4.79 Å². The van der Waals surface area contributed by atoms with Gasteiger partial charge in [-0.1, -0.05) is 17.7 Å². The third-order valence-corrected chi connectivity index (χ3v) is 2.94.